The first-order valence-electron chi connectivity index (χ1n) is 3.91. The molecule has 3 heteroatoms. The molecule has 64 valence electrons. The van der Waals surface area contributed by atoms with Gasteiger partial charge in [0.15, 0.2) is 0 Å². The van der Waals surface area contributed by atoms with Crippen LogP contribution in [0.25, 0.3) is 0 Å². The standard InChI is InChI=1S/C8H15N2.HI/c1-3-5-10-7-6-9(4-2)8-10;/h6-8H,3-5H2,1-2H3;1H/q+1;/p-1. The molecule has 0 unspecified atom stereocenters. The normalized spacial score (nSPS) is 9.27. The van der Waals surface area contributed by atoms with Crippen LogP contribution in [0.2, 0.25) is 0 Å². The van der Waals surface area contributed by atoms with E-state index in [0.29, 0.717) is 0 Å². The van der Waals surface area contributed by atoms with Gasteiger partial charge in [0.05, 0.1) is 13.1 Å². The molecule has 0 aromatic carbocycles. The van der Waals surface area contributed by atoms with Crippen LogP contribution in [-0.2, 0) is 13.1 Å². The summed E-state index contributed by atoms with van der Waals surface area (Å²) in [5, 5.41) is 0. The first kappa shape index (κ1) is 10.9. The van der Waals surface area contributed by atoms with Crippen molar-refractivity contribution in [3.63, 3.8) is 0 Å². The first-order valence-corrected chi connectivity index (χ1v) is 3.91. The highest BCUT2D eigenvalue weighted by atomic mass is 127. The zero-order valence-corrected chi connectivity index (χ0v) is 9.28. The minimum atomic E-state index is 0. The predicted octanol–water partition coefficient (Wildman–Crippen LogP) is -1.79. The SMILES string of the molecule is CCCn1cc[n+](CC)c1.[I-]. The van der Waals surface area contributed by atoms with Gasteiger partial charge < -0.3 is 24.0 Å². The molecule has 0 aliphatic carbocycles. The maximum absolute atomic E-state index is 2.21. The number of aromatic nitrogens is 2. The Morgan fingerprint density at radius 1 is 1.36 bits per heavy atom. The van der Waals surface area contributed by atoms with Crippen molar-refractivity contribution in [1.29, 1.82) is 0 Å². The van der Waals surface area contributed by atoms with Crippen molar-refractivity contribution in [3.05, 3.63) is 18.7 Å². The van der Waals surface area contributed by atoms with E-state index in [1.807, 2.05) is 0 Å². The molecule has 0 atom stereocenters. The van der Waals surface area contributed by atoms with Gasteiger partial charge in [-0.15, -0.1) is 0 Å². The lowest BCUT2D eigenvalue weighted by Gasteiger charge is -1.88. The molecule has 0 saturated carbocycles. The van der Waals surface area contributed by atoms with Crippen LogP contribution < -0.4 is 28.5 Å². The van der Waals surface area contributed by atoms with Gasteiger partial charge in [-0.2, -0.15) is 0 Å². The van der Waals surface area contributed by atoms with Crippen molar-refractivity contribution in [1.82, 2.24) is 4.57 Å². The van der Waals surface area contributed by atoms with Crippen LogP contribution in [0.15, 0.2) is 18.7 Å². The Bertz CT molecular complexity index is 196. The van der Waals surface area contributed by atoms with E-state index in [1.165, 1.54) is 6.42 Å². The van der Waals surface area contributed by atoms with Crippen LogP contribution >= 0.6 is 0 Å². The van der Waals surface area contributed by atoms with Gasteiger partial charge in [-0.05, 0) is 13.3 Å². The molecule has 0 aliphatic heterocycles. The Kier molecular flexibility index (Phi) is 5.54. The first-order chi connectivity index (χ1) is 4.86. The number of aryl methyl sites for hydroxylation is 2. The molecule has 0 amide bonds. The Morgan fingerprint density at radius 3 is 2.55 bits per heavy atom. The van der Waals surface area contributed by atoms with Gasteiger partial charge in [-0.25, -0.2) is 9.13 Å². The summed E-state index contributed by atoms with van der Waals surface area (Å²) in [5.41, 5.74) is 0. The molecule has 2 nitrogen and oxygen atoms in total. The third-order valence-corrected chi connectivity index (χ3v) is 1.59. The van der Waals surface area contributed by atoms with Gasteiger partial charge in [0, 0.05) is 0 Å². The van der Waals surface area contributed by atoms with Crippen LogP contribution in [0, 0.1) is 0 Å². The summed E-state index contributed by atoms with van der Waals surface area (Å²) in [4.78, 5) is 0. The van der Waals surface area contributed by atoms with Crippen molar-refractivity contribution >= 4 is 0 Å². The van der Waals surface area contributed by atoms with E-state index in [9.17, 15) is 0 Å². The Morgan fingerprint density at radius 2 is 2.09 bits per heavy atom. The summed E-state index contributed by atoms with van der Waals surface area (Å²) >= 11 is 0. The smallest absolute Gasteiger partial charge is 0.243 e. The Hall–Kier alpha value is -0.0600. The van der Waals surface area contributed by atoms with Crippen LogP contribution in [0.1, 0.15) is 20.3 Å². The fourth-order valence-electron chi connectivity index (χ4n) is 1.02. The Balaban J connectivity index is 0.000001000. The van der Waals surface area contributed by atoms with Gasteiger partial charge in [-0.1, -0.05) is 6.92 Å². The van der Waals surface area contributed by atoms with E-state index in [-0.39, 0.29) is 24.0 Å². The summed E-state index contributed by atoms with van der Waals surface area (Å²) in [6.45, 7) is 6.54. The minimum absolute atomic E-state index is 0. The van der Waals surface area contributed by atoms with Crippen molar-refractivity contribution in [2.24, 2.45) is 0 Å². The van der Waals surface area contributed by atoms with Gasteiger partial charge in [0.25, 0.3) is 0 Å². The maximum atomic E-state index is 2.21. The highest BCUT2D eigenvalue weighted by Crippen LogP contribution is 1.86. The van der Waals surface area contributed by atoms with E-state index in [2.05, 4.69) is 41.7 Å². The average molecular weight is 266 g/mol. The van der Waals surface area contributed by atoms with Crippen LogP contribution in [0.3, 0.4) is 0 Å². The molecule has 11 heavy (non-hydrogen) atoms. The topological polar surface area (TPSA) is 8.81 Å². The highest BCUT2D eigenvalue weighted by Gasteiger charge is 1.97. The van der Waals surface area contributed by atoms with Crippen molar-refractivity contribution < 1.29 is 28.5 Å². The average Bonchev–Trinajstić information content (AvgIpc) is 2.37. The molecule has 1 aromatic rings. The molecule has 1 heterocycles. The number of halogens is 1. The molecule has 0 bridgehead atoms. The van der Waals surface area contributed by atoms with Crippen molar-refractivity contribution in [3.8, 4) is 0 Å². The maximum Gasteiger partial charge on any atom is 0.243 e. The van der Waals surface area contributed by atoms with Crippen LogP contribution in [-0.4, -0.2) is 4.57 Å². The van der Waals surface area contributed by atoms with E-state index in [4.69, 9.17) is 0 Å². The minimum Gasteiger partial charge on any atom is -1.00 e. The molecule has 1 rings (SSSR count). The van der Waals surface area contributed by atoms with Gasteiger partial charge >= 0.3 is 0 Å². The zero-order valence-electron chi connectivity index (χ0n) is 7.13. The highest BCUT2D eigenvalue weighted by molar-refractivity contribution is 4.65. The number of hydrogen-bond acceptors (Lipinski definition) is 0. The molecule has 0 saturated heterocycles. The lowest BCUT2D eigenvalue weighted by molar-refractivity contribution is -0.693. The van der Waals surface area contributed by atoms with Crippen molar-refractivity contribution in [2.45, 2.75) is 33.4 Å². The molecule has 0 fully saturated rings. The third kappa shape index (κ3) is 3.22. The van der Waals surface area contributed by atoms with Gasteiger partial charge in [-0.3, -0.25) is 0 Å². The van der Waals surface area contributed by atoms with Crippen molar-refractivity contribution in [2.75, 3.05) is 0 Å². The fourth-order valence-corrected chi connectivity index (χ4v) is 1.02. The summed E-state index contributed by atoms with van der Waals surface area (Å²) in [5.74, 6) is 0. The second-order valence-electron chi connectivity index (χ2n) is 2.48. The molecular formula is C8H15IN2. The number of rotatable bonds is 3. The van der Waals surface area contributed by atoms with E-state index in [1.54, 1.807) is 0 Å². The van der Waals surface area contributed by atoms with Gasteiger partial charge in [0.2, 0.25) is 6.33 Å². The van der Waals surface area contributed by atoms with Gasteiger partial charge in [0.1, 0.15) is 12.4 Å². The van der Waals surface area contributed by atoms with Crippen LogP contribution in [0.4, 0.5) is 0 Å². The summed E-state index contributed by atoms with van der Waals surface area (Å²) < 4.78 is 4.39. The number of nitrogens with zero attached hydrogens (tertiary/aromatic N) is 2. The molecule has 1 aromatic heterocycles. The summed E-state index contributed by atoms with van der Waals surface area (Å²) in [6, 6.07) is 0. The molecule has 0 spiro atoms. The second-order valence-corrected chi connectivity index (χ2v) is 2.48. The third-order valence-electron chi connectivity index (χ3n) is 1.59. The fraction of sp³-hybridized carbons (Fsp3) is 0.625. The zero-order chi connectivity index (χ0) is 7.40. The van der Waals surface area contributed by atoms with E-state index in [0.717, 1.165) is 13.1 Å². The van der Waals surface area contributed by atoms with E-state index < -0.39 is 0 Å². The quantitative estimate of drug-likeness (QED) is 0.451. The number of hydrogen-bond donors (Lipinski definition) is 0. The Labute approximate surface area is 85.2 Å². The van der Waals surface area contributed by atoms with Crippen LogP contribution in [0.5, 0.6) is 0 Å². The summed E-state index contributed by atoms with van der Waals surface area (Å²) in [7, 11) is 0. The lowest BCUT2D eigenvalue weighted by Crippen LogP contribution is -3.00. The monoisotopic (exact) mass is 266 g/mol. The molecule has 0 radical (unpaired) electrons. The summed E-state index contributed by atoms with van der Waals surface area (Å²) in [6.07, 6.45) is 7.57. The predicted molar refractivity (Wildman–Crippen MR) is 40.6 cm³/mol. The lowest BCUT2D eigenvalue weighted by atomic mass is 10.5. The molecule has 0 N–H and O–H groups in total. The molecule has 0 aliphatic rings. The molecular weight excluding hydrogens is 251 g/mol. The van der Waals surface area contributed by atoms with E-state index >= 15 is 0 Å². The number of imidazole rings is 1. The second kappa shape index (κ2) is 5.57. The largest absolute Gasteiger partial charge is 1.00 e.